The SMILES string of the molecule is CC(C)=CCc1c(O)cc(O)c2c1OC[C@H](c1ccccc1)C2=O. The molecule has 124 valence electrons. The van der Waals surface area contributed by atoms with Gasteiger partial charge in [-0.15, -0.1) is 0 Å². The van der Waals surface area contributed by atoms with Crippen LogP contribution in [0.1, 0.15) is 41.3 Å². The lowest BCUT2D eigenvalue weighted by Gasteiger charge is -2.27. The molecular formula is C20H20O4. The summed E-state index contributed by atoms with van der Waals surface area (Å²) in [5.41, 5.74) is 2.64. The highest BCUT2D eigenvalue weighted by Crippen LogP contribution is 2.44. The summed E-state index contributed by atoms with van der Waals surface area (Å²) < 4.78 is 5.82. The summed E-state index contributed by atoms with van der Waals surface area (Å²) in [5.74, 6) is -0.644. The monoisotopic (exact) mass is 324 g/mol. The Morgan fingerprint density at radius 1 is 1.21 bits per heavy atom. The van der Waals surface area contributed by atoms with Crippen molar-refractivity contribution in [1.82, 2.24) is 0 Å². The zero-order chi connectivity index (χ0) is 17.3. The Morgan fingerprint density at radius 3 is 2.58 bits per heavy atom. The summed E-state index contributed by atoms with van der Waals surface area (Å²) in [6.45, 7) is 4.11. The molecule has 0 fully saturated rings. The fourth-order valence-corrected chi connectivity index (χ4v) is 2.92. The molecule has 24 heavy (non-hydrogen) atoms. The highest BCUT2D eigenvalue weighted by atomic mass is 16.5. The number of hydrogen-bond donors (Lipinski definition) is 2. The molecule has 4 nitrogen and oxygen atoms in total. The third-order valence-electron chi connectivity index (χ3n) is 4.21. The average molecular weight is 324 g/mol. The second-order valence-electron chi connectivity index (χ2n) is 6.22. The van der Waals surface area contributed by atoms with Crippen molar-refractivity contribution in [2.24, 2.45) is 0 Å². The van der Waals surface area contributed by atoms with Crippen molar-refractivity contribution < 1.29 is 19.7 Å². The van der Waals surface area contributed by atoms with Gasteiger partial charge in [-0.1, -0.05) is 42.0 Å². The van der Waals surface area contributed by atoms with Crippen LogP contribution in [-0.2, 0) is 6.42 Å². The van der Waals surface area contributed by atoms with E-state index in [2.05, 4.69) is 0 Å². The fourth-order valence-electron chi connectivity index (χ4n) is 2.92. The molecule has 1 atom stereocenters. The summed E-state index contributed by atoms with van der Waals surface area (Å²) in [7, 11) is 0. The summed E-state index contributed by atoms with van der Waals surface area (Å²) in [5, 5.41) is 20.3. The lowest BCUT2D eigenvalue weighted by molar-refractivity contribution is 0.0891. The first-order chi connectivity index (χ1) is 11.5. The van der Waals surface area contributed by atoms with E-state index in [0.29, 0.717) is 17.7 Å². The number of ether oxygens (including phenoxy) is 1. The first kappa shape index (κ1) is 16.1. The van der Waals surface area contributed by atoms with E-state index in [4.69, 9.17) is 4.74 Å². The molecule has 0 aromatic heterocycles. The molecule has 1 aliphatic rings. The van der Waals surface area contributed by atoms with Crippen LogP contribution in [0.5, 0.6) is 17.2 Å². The second kappa shape index (κ2) is 6.40. The summed E-state index contributed by atoms with van der Waals surface area (Å²) in [6.07, 6.45) is 2.39. The van der Waals surface area contributed by atoms with Gasteiger partial charge in [-0.2, -0.15) is 0 Å². The van der Waals surface area contributed by atoms with Crippen molar-refractivity contribution in [1.29, 1.82) is 0 Å². The standard InChI is InChI=1S/C20H20O4/c1-12(2)8-9-14-16(21)10-17(22)18-19(23)15(11-24-20(14)18)13-6-4-3-5-7-13/h3-8,10,15,21-22H,9,11H2,1-2H3/t15-/m1/s1. The Morgan fingerprint density at radius 2 is 1.92 bits per heavy atom. The zero-order valence-corrected chi connectivity index (χ0v) is 13.7. The Kier molecular flexibility index (Phi) is 4.30. The molecule has 0 saturated heterocycles. The number of benzene rings is 2. The molecular weight excluding hydrogens is 304 g/mol. The van der Waals surface area contributed by atoms with Gasteiger partial charge in [0.15, 0.2) is 5.78 Å². The van der Waals surface area contributed by atoms with Crippen LogP contribution >= 0.6 is 0 Å². The smallest absolute Gasteiger partial charge is 0.181 e. The molecule has 0 spiro atoms. The van der Waals surface area contributed by atoms with Crippen LogP contribution < -0.4 is 4.74 Å². The van der Waals surface area contributed by atoms with Gasteiger partial charge in [0.2, 0.25) is 0 Å². The highest BCUT2D eigenvalue weighted by molar-refractivity contribution is 6.07. The highest BCUT2D eigenvalue weighted by Gasteiger charge is 2.35. The molecule has 0 amide bonds. The number of Topliss-reactive ketones (excluding diaryl/α,β-unsaturated/α-hetero) is 1. The van der Waals surface area contributed by atoms with E-state index < -0.39 is 5.92 Å². The minimum Gasteiger partial charge on any atom is -0.507 e. The lowest BCUT2D eigenvalue weighted by atomic mass is 9.87. The van der Waals surface area contributed by atoms with Crippen molar-refractivity contribution in [2.45, 2.75) is 26.2 Å². The molecule has 4 heteroatoms. The zero-order valence-electron chi connectivity index (χ0n) is 13.7. The Bertz CT molecular complexity index is 802. The van der Waals surface area contributed by atoms with E-state index in [1.54, 1.807) is 0 Å². The topological polar surface area (TPSA) is 66.8 Å². The van der Waals surface area contributed by atoms with E-state index in [1.807, 2.05) is 50.3 Å². The first-order valence-corrected chi connectivity index (χ1v) is 7.92. The Balaban J connectivity index is 2.06. The van der Waals surface area contributed by atoms with Crippen molar-refractivity contribution in [3.05, 3.63) is 64.7 Å². The lowest BCUT2D eigenvalue weighted by Crippen LogP contribution is -2.27. The average Bonchev–Trinajstić information content (AvgIpc) is 2.55. The molecule has 1 heterocycles. The number of carbonyl (C=O) groups is 1. The van der Waals surface area contributed by atoms with Gasteiger partial charge in [-0.25, -0.2) is 0 Å². The predicted octanol–water partition coefficient (Wildman–Crippen LogP) is 3.97. The van der Waals surface area contributed by atoms with Crippen LogP contribution in [0.4, 0.5) is 0 Å². The number of carbonyl (C=O) groups excluding carboxylic acids is 1. The van der Waals surface area contributed by atoms with Crippen LogP contribution in [-0.4, -0.2) is 22.6 Å². The molecule has 0 saturated carbocycles. The van der Waals surface area contributed by atoms with Crippen molar-refractivity contribution in [3.63, 3.8) is 0 Å². The molecule has 1 aliphatic heterocycles. The van der Waals surface area contributed by atoms with E-state index in [-0.39, 0.29) is 29.5 Å². The summed E-state index contributed by atoms with van der Waals surface area (Å²) in [4.78, 5) is 12.9. The number of phenols is 2. The van der Waals surface area contributed by atoms with Gasteiger partial charge in [0.05, 0.1) is 5.92 Å². The normalized spacial score (nSPS) is 16.2. The maximum atomic E-state index is 12.9. The number of ketones is 1. The number of hydrogen-bond acceptors (Lipinski definition) is 4. The number of phenolic OH excluding ortho intramolecular Hbond substituents is 2. The molecule has 0 unspecified atom stereocenters. The van der Waals surface area contributed by atoms with Gasteiger partial charge in [0.25, 0.3) is 0 Å². The summed E-state index contributed by atoms with van der Waals surface area (Å²) >= 11 is 0. The predicted molar refractivity (Wildman–Crippen MR) is 91.9 cm³/mol. The van der Waals surface area contributed by atoms with Crippen LogP contribution in [0, 0.1) is 0 Å². The minimum absolute atomic E-state index is 0.0605. The summed E-state index contributed by atoms with van der Waals surface area (Å²) in [6, 6.07) is 10.6. The molecule has 0 bridgehead atoms. The maximum absolute atomic E-state index is 12.9. The van der Waals surface area contributed by atoms with Gasteiger partial charge >= 0.3 is 0 Å². The Labute approximate surface area is 141 Å². The number of aromatic hydroxyl groups is 2. The Hall–Kier alpha value is -2.75. The number of fused-ring (bicyclic) bond motifs is 1. The van der Waals surface area contributed by atoms with Gasteiger partial charge in [-0.05, 0) is 25.8 Å². The van der Waals surface area contributed by atoms with Crippen molar-refractivity contribution in [3.8, 4) is 17.2 Å². The largest absolute Gasteiger partial charge is 0.507 e. The third-order valence-corrected chi connectivity index (χ3v) is 4.21. The number of rotatable bonds is 3. The third kappa shape index (κ3) is 2.87. The van der Waals surface area contributed by atoms with E-state index in [1.165, 1.54) is 6.07 Å². The quantitative estimate of drug-likeness (QED) is 0.839. The van der Waals surface area contributed by atoms with Crippen molar-refractivity contribution >= 4 is 5.78 Å². The second-order valence-corrected chi connectivity index (χ2v) is 6.22. The van der Waals surface area contributed by atoms with Crippen LogP contribution in [0.2, 0.25) is 0 Å². The van der Waals surface area contributed by atoms with Crippen LogP contribution in [0.15, 0.2) is 48.0 Å². The van der Waals surface area contributed by atoms with Gasteiger partial charge in [0.1, 0.15) is 29.4 Å². The van der Waals surface area contributed by atoms with Gasteiger partial charge in [-0.3, -0.25) is 4.79 Å². The number of allylic oxidation sites excluding steroid dienone is 2. The molecule has 3 rings (SSSR count). The van der Waals surface area contributed by atoms with E-state index in [9.17, 15) is 15.0 Å². The first-order valence-electron chi connectivity index (χ1n) is 7.92. The molecule has 2 N–H and O–H groups in total. The van der Waals surface area contributed by atoms with Crippen molar-refractivity contribution in [2.75, 3.05) is 6.61 Å². The van der Waals surface area contributed by atoms with Crippen LogP contribution in [0.3, 0.4) is 0 Å². The molecule has 0 aliphatic carbocycles. The molecule has 2 aromatic carbocycles. The minimum atomic E-state index is -0.453. The molecule has 0 radical (unpaired) electrons. The van der Waals surface area contributed by atoms with Crippen LogP contribution in [0.25, 0.3) is 0 Å². The van der Waals surface area contributed by atoms with E-state index >= 15 is 0 Å². The maximum Gasteiger partial charge on any atom is 0.181 e. The van der Waals surface area contributed by atoms with E-state index in [0.717, 1.165) is 11.1 Å². The van der Waals surface area contributed by atoms with Gasteiger partial charge in [0, 0.05) is 11.6 Å². The molecule has 2 aromatic rings. The van der Waals surface area contributed by atoms with Gasteiger partial charge < -0.3 is 14.9 Å². The fraction of sp³-hybridized carbons (Fsp3) is 0.250.